The molecule has 3 heterocycles. The molecule has 7 nitrogen and oxygen atoms in total. The molecule has 0 saturated carbocycles. The number of hydrogen-bond donors (Lipinski definition) is 2. The molecule has 0 radical (unpaired) electrons. The SMILES string of the molecule is C[C@@H](Cn1cccn1)Nc1cc(N[C@@H]2CCCOC2)ncn1. The Balaban J connectivity index is 1.56. The van der Waals surface area contributed by atoms with Crippen LogP contribution < -0.4 is 10.6 Å². The number of nitrogens with zero attached hydrogens (tertiary/aromatic N) is 4. The Morgan fingerprint density at radius 2 is 2.32 bits per heavy atom. The first-order chi connectivity index (χ1) is 10.8. The predicted molar refractivity (Wildman–Crippen MR) is 84.8 cm³/mol. The lowest BCUT2D eigenvalue weighted by atomic mass is 10.1. The molecule has 3 rings (SSSR count). The number of anilines is 2. The zero-order chi connectivity index (χ0) is 15.2. The second-order valence-electron chi connectivity index (χ2n) is 5.62. The third-order valence-electron chi connectivity index (χ3n) is 3.59. The predicted octanol–water partition coefficient (Wildman–Crippen LogP) is 1.76. The zero-order valence-corrected chi connectivity index (χ0v) is 12.8. The normalized spacial score (nSPS) is 19.6. The Hall–Kier alpha value is -2.15. The van der Waals surface area contributed by atoms with E-state index in [1.165, 1.54) is 0 Å². The minimum absolute atomic E-state index is 0.223. The average Bonchev–Trinajstić information content (AvgIpc) is 3.01. The number of ether oxygens (including phenoxy) is 1. The lowest BCUT2D eigenvalue weighted by Gasteiger charge is -2.23. The van der Waals surface area contributed by atoms with Gasteiger partial charge in [-0.1, -0.05) is 0 Å². The molecule has 2 N–H and O–H groups in total. The van der Waals surface area contributed by atoms with Crippen molar-refractivity contribution in [1.82, 2.24) is 19.7 Å². The van der Waals surface area contributed by atoms with Gasteiger partial charge in [0, 0.05) is 31.1 Å². The van der Waals surface area contributed by atoms with E-state index in [0.717, 1.165) is 44.2 Å². The summed E-state index contributed by atoms with van der Waals surface area (Å²) in [5.41, 5.74) is 0. The zero-order valence-electron chi connectivity index (χ0n) is 12.8. The van der Waals surface area contributed by atoms with Crippen LogP contribution in [0.25, 0.3) is 0 Å². The monoisotopic (exact) mass is 302 g/mol. The quantitative estimate of drug-likeness (QED) is 0.847. The maximum absolute atomic E-state index is 5.48. The second kappa shape index (κ2) is 7.22. The third kappa shape index (κ3) is 4.17. The molecule has 0 bridgehead atoms. The summed E-state index contributed by atoms with van der Waals surface area (Å²) in [4.78, 5) is 8.56. The first kappa shape index (κ1) is 14.8. The van der Waals surface area contributed by atoms with Gasteiger partial charge in [0.1, 0.15) is 18.0 Å². The molecule has 0 spiro atoms. The Morgan fingerprint density at radius 1 is 1.41 bits per heavy atom. The van der Waals surface area contributed by atoms with Gasteiger partial charge in [0.15, 0.2) is 0 Å². The highest BCUT2D eigenvalue weighted by molar-refractivity contribution is 5.47. The summed E-state index contributed by atoms with van der Waals surface area (Å²) in [5, 5.41) is 11.0. The molecular formula is C15H22N6O. The Morgan fingerprint density at radius 3 is 3.09 bits per heavy atom. The average molecular weight is 302 g/mol. The maximum atomic E-state index is 5.48. The van der Waals surface area contributed by atoms with E-state index in [1.807, 2.05) is 23.0 Å². The fourth-order valence-corrected chi connectivity index (χ4v) is 2.57. The van der Waals surface area contributed by atoms with Crippen LogP contribution in [-0.4, -0.2) is 45.0 Å². The Bertz CT molecular complexity index is 567. The van der Waals surface area contributed by atoms with E-state index in [9.17, 15) is 0 Å². The van der Waals surface area contributed by atoms with Crippen LogP contribution in [0.3, 0.4) is 0 Å². The van der Waals surface area contributed by atoms with Crippen molar-refractivity contribution in [2.75, 3.05) is 23.8 Å². The van der Waals surface area contributed by atoms with Crippen LogP contribution in [0.1, 0.15) is 19.8 Å². The van der Waals surface area contributed by atoms with Crippen molar-refractivity contribution in [3.63, 3.8) is 0 Å². The van der Waals surface area contributed by atoms with Gasteiger partial charge in [-0.05, 0) is 25.8 Å². The second-order valence-corrected chi connectivity index (χ2v) is 5.62. The number of nitrogens with one attached hydrogen (secondary N) is 2. The van der Waals surface area contributed by atoms with Gasteiger partial charge in [-0.3, -0.25) is 4.68 Å². The van der Waals surface area contributed by atoms with Crippen LogP contribution in [0.15, 0.2) is 30.9 Å². The summed E-state index contributed by atoms with van der Waals surface area (Å²) in [7, 11) is 0. The van der Waals surface area contributed by atoms with Crippen molar-refractivity contribution in [3.8, 4) is 0 Å². The van der Waals surface area contributed by atoms with Crippen LogP contribution >= 0.6 is 0 Å². The van der Waals surface area contributed by atoms with Crippen LogP contribution in [0, 0.1) is 0 Å². The first-order valence-electron chi connectivity index (χ1n) is 7.70. The maximum Gasteiger partial charge on any atom is 0.131 e. The lowest BCUT2D eigenvalue weighted by molar-refractivity contribution is 0.0875. The molecule has 7 heteroatoms. The Labute approximate surface area is 130 Å². The van der Waals surface area contributed by atoms with Crippen molar-refractivity contribution in [1.29, 1.82) is 0 Å². The van der Waals surface area contributed by atoms with Crippen molar-refractivity contribution in [2.24, 2.45) is 0 Å². The minimum Gasteiger partial charge on any atom is -0.379 e. The summed E-state index contributed by atoms with van der Waals surface area (Å²) in [6, 6.07) is 4.42. The van der Waals surface area contributed by atoms with E-state index in [2.05, 4.69) is 32.6 Å². The van der Waals surface area contributed by atoms with E-state index in [0.29, 0.717) is 6.04 Å². The molecule has 0 aromatic carbocycles. The van der Waals surface area contributed by atoms with Gasteiger partial charge < -0.3 is 15.4 Å². The van der Waals surface area contributed by atoms with Crippen molar-refractivity contribution < 1.29 is 4.74 Å². The molecule has 2 aromatic heterocycles. The molecule has 2 aromatic rings. The van der Waals surface area contributed by atoms with Gasteiger partial charge in [-0.25, -0.2) is 9.97 Å². The van der Waals surface area contributed by atoms with Crippen LogP contribution in [0.2, 0.25) is 0 Å². The van der Waals surface area contributed by atoms with Crippen molar-refractivity contribution in [2.45, 2.75) is 38.4 Å². The Kier molecular flexibility index (Phi) is 4.85. The van der Waals surface area contributed by atoms with Crippen LogP contribution in [0.5, 0.6) is 0 Å². The molecule has 2 atom stereocenters. The van der Waals surface area contributed by atoms with Crippen LogP contribution in [-0.2, 0) is 11.3 Å². The van der Waals surface area contributed by atoms with E-state index in [-0.39, 0.29) is 6.04 Å². The van der Waals surface area contributed by atoms with Gasteiger partial charge in [0.2, 0.25) is 0 Å². The topological polar surface area (TPSA) is 76.9 Å². The number of hydrogen-bond acceptors (Lipinski definition) is 6. The molecule has 118 valence electrons. The molecule has 1 aliphatic heterocycles. The molecule has 1 saturated heterocycles. The minimum atomic E-state index is 0.223. The van der Waals surface area contributed by atoms with E-state index >= 15 is 0 Å². The van der Waals surface area contributed by atoms with E-state index < -0.39 is 0 Å². The summed E-state index contributed by atoms with van der Waals surface area (Å²) in [5.74, 6) is 1.65. The molecule has 1 aliphatic rings. The standard InChI is InChI=1S/C15H22N6O/c1-12(9-21-6-3-5-18-21)19-14-8-15(17-11-16-14)20-13-4-2-7-22-10-13/h3,5-6,8,11-13H,2,4,7,9-10H2,1H3,(H2,16,17,19,20)/t12-,13+/m0/s1. The van der Waals surface area contributed by atoms with E-state index in [1.54, 1.807) is 12.5 Å². The van der Waals surface area contributed by atoms with Crippen molar-refractivity contribution in [3.05, 3.63) is 30.9 Å². The van der Waals surface area contributed by atoms with Gasteiger partial charge >= 0.3 is 0 Å². The molecule has 0 aliphatic carbocycles. The fraction of sp³-hybridized carbons (Fsp3) is 0.533. The molecule has 22 heavy (non-hydrogen) atoms. The van der Waals surface area contributed by atoms with Gasteiger partial charge in [0.25, 0.3) is 0 Å². The molecule has 0 unspecified atom stereocenters. The first-order valence-corrected chi connectivity index (χ1v) is 7.70. The van der Waals surface area contributed by atoms with Gasteiger partial charge in [0.05, 0.1) is 19.2 Å². The van der Waals surface area contributed by atoms with E-state index in [4.69, 9.17) is 4.74 Å². The summed E-state index contributed by atoms with van der Waals surface area (Å²) < 4.78 is 7.38. The highest BCUT2D eigenvalue weighted by atomic mass is 16.5. The summed E-state index contributed by atoms with van der Waals surface area (Å²) in [6.07, 6.45) is 7.52. The largest absolute Gasteiger partial charge is 0.379 e. The number of aromatic nitrogens is 4. The highest BCUT2D eigenvalue weighted by Crippen LogP contribution is 2.15. The highest BCUT2D eigenvalue weighted by Gasteiger charge is 2.14. The summed E-state index contributed by atoms with van der Waals surface area (Å²) >= 11 is 0. The van der Waals surface area contributed by atoms with Gasteiger partial charge in [-0.2, -0.15) is 5.10 Å². The molecule has 1 fully saturated rings. The smallest absolute Gasteiger partial charge is 0.131 e. The van der Waals surface area contributed by atoms with Gasteiger partial charge in [-0.15, -0.1) is 0 Å². The molecule has 0 amide bonds. The molecular weight excluding hydrogens is 280 g/mol. The fourth-order valence-electron chi connectivity index (χ4n) is 2.57. The number of rotatable bonds is 6. The van der Waals surface area contributed by atoms with Crippen LogP contribution in [0.4, 0.5) is 11.6 Å². The lowest BCUT2D eigenvalue weighted by Crippen LogP contribution is -2.30. The summed E-state index contributed by atoms with van der Waals surface area (Å²) in [6.45, 7) is 4.49. The van der Waals surface area contributed by atoms with Crippen molar-refractivity contribution >= 4 is 11.6 Å². The third-order valence-corrected chi connectivity index (χ3v) is 3.59.